The Balaban J connectivity index is 0.00000218. The maximum Gasteiger partial charge on any atom is 0.347 e. The van der Waals surface area contributed by atoms with Gasteiger partial charge in [0.05, 0.1) is 25.2 Å². The Morgan fingerprint density at radius 2 is 1.33 bits per heavy atom. The summed E-state index contributed by atoms with van der Waals surface area (Å²) in [5.74, 6) is -0.547. The lowest BCUT2D eigenvalue weighted by atomic mass is 9.86. The molecule has 1 spiro atoms. The maximum absolute atomic E-state index is 13.4. The molecule has 160 valence electrons. The molecular formula is C25H30ClNO3. The summed E-state index contributed by atoms with van der Waals surface area (Å²) in [5.41, 5.74) is -0.671. The summed E-state index contributed by atoms with van der Waals surface area (Å²) in [6, 6.07) is 19.6. The van der Waals surface area contributed by atoms with Crippen molar-refractivity contribution in [1.29, 1.82) is 0 Å². The lowest BCUT2D eigenvalue weighted by Gasteiger charge is -2.47. The zero-order valence-electron chi connectivity index (χ0n) is 17.3. The van der Waals surface area contributed by atoms with Crippen LogP contribution in [0.1, 0.15) is 49.7 Å². The minimum atomic E-state index is -1.78. The molecule has 3 heterocycles. The second-order valence-corrected chi connectivity index (χ2v) is 9.08. The lowest BCUT2D eigenvalue weighted by molar-refractivity contribution is -0.956. The molecule has 2 aromatic carbocycles. The molecule has 30 heavy (non-hydrogen) atoms. The number of halogens is 1. The van der Waals surface area contributed by atoms with Crippen LogP contribution in [-0.2, 0) is 15.1 Å². The van der Waals surface area contributed by atoms with Gasteiger partial charge in [-0.1, -0.05) is 60.7 Å². The van der Waals surface area contributed by atoms with E-state index >= 15 is 0 Å². The highest BCUT2D eigenvalue weighted by atomic mass is 35.5. The number of esters is 1. The van der Waals surface area contributed by atoms with Crippen LogP contribution < -0.4 is 12.4 Å². The Morgan fingerprint density at radius 1 is 0.867 bits per heavy atom. The van der Waals surface area contributed by atoms with Crippen LogP contribution in [0.15, 0.2) is 60.7 Å². The van der Waals surface area contributed by atoms with E-state index in [1.165, 1.54) is 43.3 Å². The highest BCUT2D eigenvalue weighted by Crippen LogP contribution is 2.46. The molecule has 0 aromatic heterocycles. The van der Waals surface area contributed by atoms with E-state index in [2.05, 4.69) is 0 Å². The van der Waals surface area contributed by atoms with Crippen LogP contribution in [0.4, 0.5) is 0 Å². The van der Waals surface area contributed by atoms with Crippen LogP contribution >= 0.6 is 0 Å². The molecule has 2 bridgehead atoms. The largest absolute Gasteiger partial charge is 1.00 e. The fourth-order valence-corrected chi connectivity index (χ4v) is 6.30. The van der Waals surface area contributed by atoms with E-state index in [0.29, 0.717) is 23.2 Å². The fourth-order valence-electron chi connectivity index (χ4n) is 6.30. The average Bonchev–Trinajstić information content (AvgIpc) is 3.31. The van der Waals surface area contributed by atoms with E-state index in [4.69, 9.17) is 4.74 Å². The summed E-state index contributed by atoms with van der Waals surface area (Å²) in [6.45, 7) is 2.60. The van der Waals surface area contributed by atoms with E-state index in [-0.39, 0.29) is 18.5 Å². The van der Waals surface area contributed by atoms with Gasteiger partial charge in [0.2, 0.25) is 5.60 Å². The first-order valence-corrected chi connectivity index (χ1v) is 11.0. The van der Waals surface area contributed by atoms with Crippen LogP contribution in [0.25, 0.3) is 0 Å². The molecule has 0 aliphatic carbocycles. The Hall–Kier alpha value is -1.88. The highest BCUT2D eigenvalue weighted by Gasteiger charge is 2.56. The summed E-state index contributed by atoms with van der Waals surface area (Å²) in [6.07, 6.45) is 6.94. The molecule has 0 saturated carbocycles. The molecule has 0 amide bonds. The molecule has 2 atom stereocenters. The monoisotopic (exact) mass is 427 g/mol. The van der Waals surface area contributed by atoms with Crippen LogP contribution in [0.2, 0.25) is 0 Å². The van der Waals surface area contributed by atoms with E-state index in [9.17, 15) is 9.90 Å². The Labute approximate surface area is 184 Å². The summed E-state index contributed by atoms with van der Waals surface area (Å²) in [4.78, 5) is 13.4. The van der Waals surface area contributed by atoms with E-state index < -0.39 is 11.6 Å². The van der Waals surface area contributed by atoms with Gasteiger partial charge in [0.1, 0.15) is 6.10 Å². The molecule has 5 rings (SSSR count). The molecule has 0 unspecified atom stereocenters. The number of hydrogen-bond acceptors (Lipinski definition) is 3. The summed E-state index contributed by atoms with van der Waals surface area (Å²) in [7, 11) is 0. The number of carbonyl (C=O) groups is 1. The second-order valence-electron chi connectivity index (χ2n) is 9.08. The molecule has 4 nitrogen and oxygen atoms in total. The number of rotatable bonds is 4. The molecule has 5 heteroatoms. The van der Waals surface area contributed by atoms with Crippen molar-refractivity contribution >= 4 is 5.97 Å². The number of aliphatic hydroxyl groups is 1. The topological polar surface area (TPSA) is 46.5 Å². The van der Waals surface area contributed by atoms with Crippen molar-refractivity contribution in [3.63, 3.8) is 0 Å². The molecule has 1 N–H and O–H groups in total. The van der Waals surface area contributed by atoms with Gasteiger partial charge in [-0.25, -0.2) is 4.79 Å². The molecule has 3 aliphatic heterocycles. The van der Waals surface area contributed by atoms with Gasteiger partial charge in [0, 0.05) is 38.5 Å². The number of quaternary nitrogens is 1. The lowest BCUT2D eigenvalue weighted by Crippen LogP contribution is -3.00. The molecule has 3 fully saturated rings. The van der Waals surface area contributed by atoms with E-state index in [0.717, 1.165) is 12.8 Å². The van der Waals surface area contributed by atoms with Crippen LogP contribution in [0.3, 0.4) is 0 Å². The van der Waals surface area contributed by atoms with Crippen molar-refractivity contribution in [3.05, 3.63) is 71.8 Å². The van der Waals surface area contributed by atoms with Crippen molar-refractivity contribution in [2.45, 2.75) is 62.3 Å². The third-order valence-electron chi connectivity index (χ3n) is 7.71. The predicted octanol–water partition coefficient (Wildman–Crippen LogP) is 0.774. The van der Waals surface area contributed by atoms with E-state index in [1.54, 1.807) is 24.3 Å². The summed E-state index contributed by atoms with van der Waals surface area (Å²) in [5, 5.41) is 11.6. The molecule has 0 radical (unpaired) electrons. The highest BCUT2D eigenvalue weighted by molar-refractivity contribution is 5.85. The van der Waals surface area contributed by atoms with Gasteiger partial charge < -0.3 is 26.7 Å². The first kappa shape index (κ1) is 21.4. The third-order valence-corrected chi connectivity index (χ3v) is 7.71. The minimum Gasteiger partial charge on any atom is -1.00 e. The number of hydrogen-bond donors (Lipinski definition) is 1. The van der Waals surface area contributed by atoms with Crippen LogP contribution in [-0.4, -0.2) is 46.8 Å². The standard InChI is InChI=1S/C25H30NO3.ClH/c27-24(25(28,19-9-3-1-4-10-19)20-11-5-2-6-12-20)29-23-17-21-13-14-22(18-23)26(21)15-7-8-16-26;/h1-6,9-12,21-23,28H,7-8,13-18H2;1H/q+1;/p-1/t21-,22-;/m1./s1. The van der Waals surface area contributed by atoms with Crippen molar-refractivity contribution in [1.82, 2.24) is 0 Å². The number of ether oxygens (including phenoxy) is 1. The summed E-state index contributed by atoms with van der Waals surface area (Å²) >= 11 is 0. The molecule has 3 aliphatic rings. The Kier molecular flexibility index (Phi) is 5.93. The van der Waals surface area contributed by atoms with Crippen LogP contribution in [0.5, 0.6) is 0 Å². The molecule has 3 saturated heterocycles. The third kappa shape index (κ3) is 3.35. The predicted molar refractivity (Wildman–Crippen MR) is 111 cm³/mol. The zero-order valence-corrected chi connectivity index (χ0v) is 18.0. The van der Waals surface area contributed by atoms with Gasteiger partial charge in [0.25, 0.3) is 0 Å². The van der Waals surface area contributed by atoms with Gasteiger partial charge in [-0.3, -0.25) is 0 Å². The SMILES string of the molecule is O=C(OC1C[C@H]2CC[C@H](C1)[N+]21CCCC1)C(O)(c1ccccc1)c1ccccc1.[Cl-]. The van der Waals surface area contributed by atoms with Gasteiger partial charge in [-0.2, -0.15) is 0 Å². The fraction of sp³-hybridized carbons (Fsp3) is 0.480. The number of nitrogens with zero attached hydrogens (tertiary/aromatic N) is 1. The minimum absolute atomic E-state index is 0. The first-order valence-electron chi connectivity index (χ1n) is 11.0. The molecular weight excluding hydrogens is 398 g/mol. The van der Waals surface area contributed by atoms with Crippen molar-refractivity contribution < 1.29 is 31.5 Å². The van der Waals surface area contributed by atoms with Gasteiger partial charge in [-0.05, 0) is 11.1 Å². The normalized spacial score (nSPS) is 26.9. The van der Waals surface area contributed by atoms with Crippen LogP contribution in [0, 0.1) is 0 Å². The second kappa shape index (κ2) is 8.33. The quantitative estimate of drug-likeness (QED) is 0.579. The van der Waals surface area contributed by atoms with Crippen molar-refractivity contribution in [2.75, 3.05) is 13.1 Å². The first-order chi connectivity index (χ1) is 14.1. The summed E-state index contributed by atoms with van der Waals surface area (Å²) < 4.78 is 7.32. The van der Waals surface area contributed by atoms with Gasteiger partial charge in [0.15, 0.2) is 0 Å². The van der Waals surface area contributed by atoms with E-state index in [1.807, 2.05) is 36.4 Å². The number of benzene rings is 2. The smallest absolute Gasteiger partial charge is 0.347 e. The van der Waals surface area contributed by atoms with Gasteiger partial charge in [-0.15, -0.1) is 0 Å². The van der Waals surface area contributed by atoms with Crippen molar-refractivity contribution in [3.8, 4) is 0 Å². The zero-order chi connectivity index (χ0) is 19.9. The van der Waals surface area contributed by atoms with Gasteiger partial charge >= 0.3 is 5.97 Å². The maximum atomic E-state index is 13.4. The Morgan fingerprint density at radius 3 is 1.80 bits per heavy atom. The number of piperidine rings is 1. The number of carbonyl (C=O) groups excluding carboxylic acids is 1. The average molecular weight is 428 g/mol. The van der Waals surface area contributed by atoms with Crippen molar-refractivity contribution in [2.24, 2.45) is 0 Å². The molecule has 2 aromatic rings. The Bertz CT molecular complexity index is 811.